The van der Waals surface area contributed by atoms with Crippen LogP contribution >= 0.6 is 0 Å². The first-order valence-electron chi connectivity index (χ1n) is 10.4. The predicted molar refractivity (Wildman–Crippen MR) is 108 cm³/mol. The summed E-state index contributed by atoms with van der Waals surface area (Å²) in [6.07, 6.45) is 6.33. The molecule has 0 aromatic carbocycles. The Balaban J connectivity index is 1.35. The van der Waals surface area contributed by atoms with Crippen LogP contribution in [0.2, 0.25) is 0 Å². The quantitative estimate of drug-likeness (QED) is 0.631. The summed E-state index contributed by atoms with van der Waals surface area (Å²) in [5.74, 6) is 1.89. The normalized spacial score (nSPS) is 23.7. The smallest absolute Gasteiger partial charge is 0.273 e. The van der Waals surface area contributed by atoms with Gasteiger partial charge in [-0.05, 0) is 38.7 Å². The van der Waals surface area contributed by atoms with E-state index in [1.54, 1.807) is 6.26 Å². The highest BCUT2D eigenvalue weighted by molar-refractivity contribution is 6.01. The number of aryl methyl sites for hydroxylation is 1. The molecule has 3 aliphatic rings. The largest absolute Gasteiger partial charge is 0.464 e. The summed E-state index contributed by atoms with van der Waals surface area (Å²) in [6, 6.07) is 4.70. The first kappa shape index (κ1) is 17.0. The van der Waals surface area contributed by atoms with E-state index >= 15 is 0 Å². The third kappa shape index (κ3) is 2.90. The van der Waals surface area contributed by atoms with Crippen molar-refractivity contribution < 1.29 is 9.21 Å². The standard InChI is InChI=1S/C21H24N6O2/c1-11-18(21(28)27-9-13-4-5-14(10-27)22-13)24-20(15-6-7-29-19(11)15)23-17-8-16(25-26-17)12-2-3-12/h6-8,12-14,22H,2-5,9-10H2,1H3,(H2,23,24,25,26). The zero-order chi connectivity index (χ0) is 19.5. The number of piperazine rings is 1. The van der Waals surface area contributed by atoms with E-state index in [0.29, 0.717) is 40.9 Å². The van der Waals surface area contributed by atoms with Crippen LogP contribution in [0.5, 0.6) is 0 Å². The molecule has 0 radical (unpaired) electrons. The number of carbonyl (C=O) groups excluding carboxylic acids is 1. The lowest BCUT2D eigenvalue weighted by atomic mass is 10.1. The van der Waals surface area contributed by atoms with Crippen LogP contribution in [0.25, 0.3) is 11.0 Å². The fourth-order valence-corrected chi connectivity index (χ4v) is 4.69. The Bertz CT molecular complexity index is 1090. The second-order valence-corrected chi connectivity index (χ2v) is 8.55. The number of carbonyl (C=O) groups is 1. The van der Waals surface area contributed by atoms with E-state index in [0.717, 1.165) is 42.6 Å². The molecule has 1 aliphatic carbocycles. The van der Waals surface area contributed by atoms with E-state index in [-0.39, 0.29) is 5.91 Å². The minimum absolute atomic E-state index is 0.0250. The number of aromatic amines is 1. The number of hydrogen-bond donors (Lipinski definition) is 3. The van der Waals surface area contributed by atoms with E-state index in [4.69, 9.17) is 9.40 Å². The van der Waals surface area contributed by atoms with Crippen molar-refractivity contribution in [2.75, 3.05) is 18.4 Å². The number of nitrogens with one attached hydrogen (secondary N) is 3. The molecule has 2 bridgehead atoms. The third-order valence-electron chi connectivity index (χ3n) is 6.41. The Kier molecular flexibility index (Phi) is 3.71. The van der Waals surface area contributed by atoms with Gasteiger partial charge in [0.2, 0.25) is 0 Å². The Morgan fingerprint density at radius 1 is 1.24 bits per heavy atom. The molecular formula is C21H24N6O2. The highest BCUT2D eigenvalue weighted by Crippen LogP contribution is 2.40. The lowest BCUT2D eigenvalue weighted by Gasteiger charge is -2.33. The van der Waals surface area contributed by atoms with Gasteiger partial charge in [-0.3, -0.25) is 9.89 Å². The average Bonchev–Trinajstić information content (AvgIpc) is 3.12. The topological polar surface area (TPSA) is 99.1 Å². The lowest BCUT2D eigenvalue weighted by molar-refractivity contribution is 0.0691. The Labute approximate surface area is 168 Å². The van der Waals surface area contributed by atoms with Gasteiger partial charge >= 0.3 is 0 Å². The zero-order valence-corrected chi connectivity index (χ0v) is 16.4. The van der Waals surface area contributed by atoms with Crippen molar-refractivity contribution in [3.63, 3.8) is 0 Å². The molecule has 3 aromatic rings. The predicted octanol–water partition coefficient (Wildman–Crippen LogP) is 3.06. The molecule has 3 fully saturated rings. The lowest BCUT2D eigenvalue weighted by Crippen LogP contribution is -2.53. The number of furan rings is 1. The van der Waals surface area contributed by atoms with Gasteiger partial charge in [-0.15, -0.1) is 0 Å². The molecule has 8 nitrogen and oxygen atoms in total. The summed E-state index contributed by atoms with van der Waals surface area (Å²) in [6.45, 7) is 3.38. The van der Waals surface area contributed by atoms with E-state index < -0.39 is 0 Å². The number of likely N-dealkylation sites (tertiary alicyclic amines) is 1. The Morgan fingerprint density at radius 2 is 2.03 bits per heavy atom. The van der Waals surface area contributed by atoms with Gasteiger partial charge in [0.15, 0.2) is 5.82 Å². The Morgan fingerprint density at radius 3 is 2.79 bits per heavy atom. The Hall–Kier alpha value is -2.87. The summed E-state index contributed by atoms with van der Waals surface area (Å²) in [7, 11) is 0. The van der Waals surface area contributed by atoms with Gasteiger partial charge in [0, 0.05) is 48.4 Å². The third-order valence-corrected chi connectivity index (χ3v) is 6.41. The molecule has 3 N–H and O–H groups in total. The summed E-state index contributed by atoms with van der Waals surface area (Å²) in [5.41, 5.74) is 3.08. The highest BCUT2D eigenvalue weighted by atomic mass is 16.3. The summed E-state index contributed by atoms with van der Waals surface area (Å²) in [5, 5.41) is 15.2. The number of anilines is 2. The van der Waals surface area contributed by atoms with Crippen LogP contribution < -0.4 is 10.6 Å². The van der Waals surface area contributed by atoms with E-state index in [9.17, 15) is 4.79 Å². The SMILES string of the molecule is Cc1c(C(=O)N2CC3CCC(C2)N3)nc(Nc2cc(C3CC3)[nH]n2)c2ccoc12. The summed E-state index contributed by atoms with van der Waals surface area (Å²) in [4.78, 5) is 20.0. The van der Waals surface area contributed by atoms with Gasteiger partial charge in [-0.25, -0.2) is 4.98 Å². The molecule has 2 saturated heterocycles. The number of pyridine rings is 1. The first-order chi connectivity index (χ1) is 14.2. The number of amides is 1. The molecule has 1 amide bonds. The molecule has 5 heterocycles. The fraction of sp³-hybridized carbons (Fsp3) is 0.476. The van der Waals surface area contributed by atoms with Crippen LogP contribution in [-0.4, -0.2) is 51.2 Å². The van der Waals surface area contributed by atoms with Crippen molar-refractivity contribution >= 4 is 28.5 Å². The van der Waals surface area contributed by atoms with Gasteiger partial charge in [0.25, 0.3) is 5.91 Å². The minimum Gasteiger partial charge on any atom is -0.464 e. The monoisotopic (exact) mass is 392 g/mol. The summed E-state index contributed by atoms with van der Waals surface area (Å²) >= 11 is 0. The second kappa shape index (κ2) is 6.32. The maximum Gasteiger partial charge on any atom is 0.273 e. The van der Waals surface area contributed by atoms with E-state index in [1.165, 1.54) is 12.8 Å². The fourth-order valence-electron chi connectivity index (χ4n) is 4.69. The molecule has 2 atom stereocenters. The van der Waals surface area contributed by atoms with E-state index in [1.807, 2.05) is 24.0 Å². The zero-order valence-electron chi connectivity index (χ0n) is 16.4. The average molecular weight is 392 g/mol. The van der Waals surface area contributed by atoms with Gasteiger partial charge in [0.1, 0.15) is 17.1 Å². The van der Waals surface area contributed by atoms with Crippen molar-refractivity contribution in [3.8, 4) is 0 Å². The first-order valence-corrected chi connectivity index (χ1v) is 10.4. The maximum absolute atomic E-state index is 13.4. The van der Waals surface area contributed by atoms with Crippen LogP contribution in [0, 0.1) is 6.92 Å². The number of nitrogens with zero attached hydrogens (tertiary/aromatic N) is 3. The molecule has 0 spiro atoms. The number of aromatic nitrogens is 3. The molecule has 8 heteroatoms. The van der Waals surface area contributed by atoms with Crippen molar-refractivity contribution in [2.24, 2.45) is 0 Å². The molecule has 1 saturated carbocycles. The summed E-state index contributed by atoms with van der Waals surface area (Å²) < 4.78 is 5.72. The van der Waals surface area contributed by atoms with Crippen LogP contribution in [0.4, 0.5) is 11.6 Å². The molecule has 2 aliphatic heterocycles. The molecular weight excluding hydrogens is 368 g/mol. The highest BCUT2D eigenvalue weighted by Gasteiger charge is 2.36. The van der Waals surface area contributed by atoms with Crippen LogP contribution in [0.1, 0.15) is 53.3 Å². The minimum atomic E-state index is -0.0250. The van der Waals surface area contributed by atoms with Crippen LogP contribution in [-0.2, 0) is 0 Å². The number of fused-ring (bicyclic) bond motifs is 3. The molecule has 29 heavy (non-hydrogen) atoms. The van der Waals surface area contributed by atoms with Gasteiger partial charge < -0.3 is 20.0 Å². The van der Waals surface area contributed by atoms with E-state index in [2.05, 4.69) is 20.8 Å². The van der Waals surface area contributed by atoms with Crippen LogP contribution in [0.3, 0.4) is 0 Å². The molecule has 150 valence electrons. The second-order valence-electron chi connectivity index (χ2n) is 8.55. The maximum atomic E-state index is 13.4. The molecule has 2 unspecified atom stereocenters. The number of H-pyrrole nitrogens is 1. The van der Waals surface area contributed by atoms with Crippen molar-refractivity contribution in [2.45, 2.75) is 50.6 Å². The van der Waals surface area contributed by atoms with Gasteiger partial charge in [-0.2, -0.15) is 5.10 Å². The van der Waals surface area contributed by atoms with Crippen molar-refractivity contribution in [1.82, 2.24) is 25.4 Å². The number of rotatable bonds is 4. The molecule has 3 aromatic heterocycles. The number of hydrogen-bond acceptors (Lipinski definition) is 6. The van der Waals surface area contributed by atoms with Crippen molar-refractivity contribution in [3.05, 3.63) is 35.3 Å². The van der Waals surface area contributed by atoms with Gasteiger partial charge in [0.05, 0.1) is 11.6 Å². The molecule has 6 rings (SSSR count). The van der Waals surface area contributed by atoms with Crippen LogP contribution in [0.15, 0.2) is 22.8 Å². The van der Waals surface area contributed by atoms with Crippen molar-refractivity contribution in [1.29, 1.82) is 0 Å². The van der Waals surface area contributed by atoms with Gasteiger partial charge in [-0.1, -0.05) is 0 Å².